The first-order chi connectivity index (χ1) is 18.6. The van der Waals surface area contributed by atoms with Gasteiger partial charge in [-0.3, -0.25) is 14.9 Å². The van der Waals surface area contributed by atoms with Crippen LogP contribution in [0.3, 0.4) is 0 Å². The monoisotopic (exact) mass is 541 g/mol. The Hall–Kier alpha value is -4.65. The van der Waals surface area contributed by atoms with E-state index >= 15 is 4.39 Å². The predicted molar refractivity (Wildman–Crippen MR) is 131 cm³/mol. The average molecular weight is 541 g/mol. The number of rotatable bonds is 7. The standard InChI is InChI=1S/C26H22F3N5O5/c27-13-1-3-14(4-2-13)32-24(37)26(23(30)36)10-18(26)17-8-20(29)21(9-19(17)28)39-16-5-6-31-22(7-16)33-25(38)34-11-15(35)12-34/h1-9,15,18,35H,10-12H2,(H2,30,36)(H,32,37)(H,31,33,38). The Balaban J connectivity index is 1.31. The van der Waals surface area contributed by atoms with Gasteiger partial charge in [-0.15, -0.1) is 0 Å². The normalized spacial score (nSPS) is 20.1. The van der Waals surface area contributed by atoms with Gasteiger partial charge in [0.1, 0.15) is 28.6 Å². The third-order valence-electron chi connectivity index (χ3n) is 6.68. The lowest BCUT2D eigenvalue weighted by Gasteiger charge is -2.35. The van der Waals surface area contributed by atoms with Gasteiger partial charge in [-0.25, -0.2) is 22.9 Å². The maximum absolute atomic E-state index is 15.1. The molecule has 5 rings (SSSR count). The van der Waals surface area contributed by atoms with Crippen LogP contribution in [-0.2, 0) is 9.59 Å². The number of urea groups is 1. The van der Waals surface area contributed by atoms with Crippen molar-refractivity contribution in [3.63, 3.8) is 0 Å². The summed E-state index contributed by atoms with van der Waals surface area (Å²) in [5.41, 5.74) is 3.66. The summed E-state index contributed by atoms with van der Waals surface area (Å²) in [6, 6.07) is 8.61. The Morgan fingerprint density at radius 2 is 1.74 bits per heavy atom. The molecule has 0 spiro atoms. The van der Waals surface area contributed by atoms with E-state index < -0.39 is 58.5 Å². The zero-order valence-electron chi connectivity index (χ0n) is 20.2. The van der Waals surface area contributed by atoms with Crippen LogP contribution in [0.1, 0.15) is 17.9 Å². The van der Waals surface area contributed by atoms with Crippen LogP contribution in [-0.4, -0.2) is 52.0 Å². The number of aromatic nitrogens is 1. The van der Waals surface area contributed by atoms with Crippen molar-refractivity contribution in [1.82, 2.24) is 9.88 Å². The number of likely N-dealkylation sites (tertiary alicyclic amines) is 1. The Morgan fingerprint density at radius 3 is 2.41 bits per heavy atom. The zero-order valence-corrected chi connectivity index (χ0v) is 20.2. The van der Waals surface area contributed by atoms with Gasteiger partial charge in [0.2, 0.25) is 11.8 Å². The van der Waals surface area contributed by atoms with E-state index in [-0.39, 0.29) is 42.3 Å². The van der Waals surface area contributed by atoms with Gasteiger partial charge in [-0.1, -0.05) is 0 Å². The summed E-state index contributed by atoms with van der Waals surface area (Å²) in [4.78, 5) is 42.6. The van der Waals surface area contributed by atoms with Crippen LogP contribution in [0.4, 0.5) is 29.5 Å². The number of nitrogens with two attached hydrogens (primary N) is 1. The molecule has 2 aliphatic rings. The van der Waals surface area contributed by atoms with Crippen LogP contribution < -0.4 is 21.1 Å². The second-order valence-corrected chi connectivity index (χ2v) is 9.33. The summed E-state index contributed by atoms with van der Waals surface area (Å²) >= 11 is 0. The maximum Gasteiger partial charge on any atom is 0.323 e. The molecule has 3 aromatic rings. The molecule has 5 N–H and O–H groups in total. The first-order valence-electron chi connectivity index (χ1n) is 11.8. The van der Waals surface area contributed by atoms with Crippen LogP contribution in [0.5, 0.6) is 11.5 Å². The van der Waals surface area contributed by atoms with E-state index in [0.29, 0.717) is 0 Å². The molecule has 1 aliphatic heterocycles. The summed E-state index contributed by atoms with van der Waals surface area (Å²) in [5.74, 6) is -5.60. The summed E-state index contributed by atoms with van der Waals surface area (Å²) in [7, 11) is 0. The highest BCUT2D eigenvalue weighted by molar-refractivity contribution is 6.14. The topological polar surface area (TPSA) is 147 Å². The van der Waals surface area contributed by atoms with Crippen LogP contribution in [0.2, 0.25) is 0 Å². The minimum absolute atomic E-state index is 0.0478. The van der Waals surface area contributed by atoms with Crippen molar-refractivity contribution in [2.24, 2.45) is 11.1 Å². The molecule has 39 heavy (non-hydrogen) atoms. The number of benzene rings is 2. The van der Waals surface area contributed by atoms with Gasteiger partial charge in [0.15, 0.2) is 11.6 Å². The molecule has 2 unspecified atom stereocenters. The molecular formula is C26H22F3N5O5. The number of hydrogen-bond acceptors (Lipinski definition) is 6. The Morgan fingerprint density at radius 1 is 1.03 bits per heavy atom. The van der Waals surface area contributed by atoms with Gasteiger partial charge in [0, 0.05) is 29.9 Å². The van der Waals surface area contributed by atoms with Crippen molar-refractivity contribution in [2.45, 2.75) is 18.4 Å². The second kappa shape index (κ2) is 9.91. The van der Waals surface area contributed by atoms with Gasteiger partial charge in [0.05, 0.1) is 19.2 Å². The van der Waals surface area contributed by atoms with Crippen molar-refractivity contribution >= 4 is 29.4 Å². The van der Waals surface area contributed by atoms with E-state index in [1.807, 2.05) is 0 Å². The van der Waals surface area contributed by atoms with Crippen molar-refractivity contribution in [3.05, 3.63) is 77.7 Å². The van der Waals surface area contributed by atoms with E-state index in [1.54, 1.807) is 0 Å². The summed E-state index contributed by atoms with van der Waals surface area (Å²) < 4.78 is 48.7. The number of hydrogen-bond donors (Lipinski definition) is 4. The van der Waals surface area contributed by atoms with Gasteiger partial charge >= 0.3 is 6.03 Å². The van der Waals surface area contributed by atoms with Crippen molar-refractivity contribution in [3.8, 4) is 11.5 Å². The summed E-state index contributed by atoms with van der Waals surface area (Å²) in [5, 5.41) is 14.3. The molecule has 0 bridgehead atoms. The number of pyridine rings is 1. The molecule has 1 saturated heterocycles. The highest BCUT2D eigenvalue weighted by Gasteiger charge is 2.66. The van der Waals surface area contributed by atoms with Crippen molar-refractivity contribution in [2.75, 3.05) is 23.7 Å². The lowest BCUT2D eigenvalue weighted by atomic mass is 9.96. The van der Waals surface area contributed by atoms with Gasteiger partial charge in [0.25, 0.3) is 0 Å². The van der Waals surface area contributed by atoms with Gasteiger partial charge in [-0.05, 0) is 48.4 Å². The molecular weight excluding hydrogens is 519 g/mol. The van der Waals surface area contributed by atoms with Crippen LogP contribution in [0.15, 0.2) is 54.7 Å². The van der Waals surface area contributed by atoms with E-state index in [4.69, 9.17) is 10.5 Å². The number of nitrogens with zero attached hydrogens (tertiary/aromatic N) is 2. The number of aliphatic hydroxyl groups excluding tert-OH is 1. The van der Waals surface area contributed by atoms with E-state index in [1.165, 1.54) is 35.4 Å². The number of amides is 4. The number of nitrogens with one attached hydrogen (secondary N) is 2. The minimum atomic E-state index is -1.81. The van der Waals surface area contributed by atoms with Crippen LogP contribution in [0, 0.1) is 22.9 Å². The predicted octanol–water partition coefficient (Wildman–Crippen LogP) is 3.10. The molecule has 2 atom stereocenters. The molecule has 1 saturated carbocycles. The smallest absolute Gasteiger partial charge is 0.323 e. The number of carbonyl (C=O) groups excluding carboxylic acids is 3. The largest absolute Gasteiger partial charge is 0.454 e. The fourth-order valence-corrected chi connectivity index (χ4v) is 4.42. The number of ether oxygens (including phenoxy) is 1. The first-order valence-corrected chi connectivity index (χ1v) is 11.8. The second-order valence-electron chi connectivity index (χ2n) is 9.33. The fraction of sp³-hybridized carbons (Fsp3) is 0.231. The molecule has 13 heteroatoms. The van der Waals surface area contributed by atoms with E-state index in [2.05, 4.69) is 15.6 Å². The molecule has 1 aliphatic carbocycles. The Bertz CT molecular complexity index is 1460. The number of β-amino-alcohol motifs (C(OH)–C–C–N with tert-alkyl or cyclic N) is 1. The lowest BCUT2D eigenvalue weighted by Crippen LogP contribution is -2.54. The van der Waals surface area contributed by atoms with Crippen molar-refractivity contribution in [1.29, 1.82) is 0 Å². The third kappa shape index (κ3) is 5.08. The molecule has 1 aromatic heterocycles. The third-order valence-corrected chi connectivity index (χ3v) is 6.68. The van der Waals surface area contributed by atoms with Crippen molar-refractivity contribution < 1.29 is 37.4 Å². The summed E-state index contributed by atoms with van der Waals surface area (Å²) in [6.07, 6.45) is 0.573. The van der Waals surface area contributed by atoms with Gasteiger partial charge < -0.3 is 25.8 Å². The number of anilines is 2. The quantitative estimate of drug-likeness (QED) is 0.338. The molecule has 202 valence electrons. The number of primary amides is 1. The number of aliphatic hydroxyl groups is 1. The molecule has 2 aromatic carbocycles. The van der Waals surface area contributed by atoms with Gasteiger partial charge in [-0.2, -0.15) is 0 Å². The molecule has 10 nitrogen and oxygen atoms in total. The number of carbonyl (C=O) groups is 3. The average Bonchev–Trinajstić information content (AvgIpc) is 3.63. The molecule has 2 heterocycles. The van der Waals surface area contributed by atoms with Crippen LogP contribution >= 0.6 is 0 Å². The van der Waals surface area contributed by atoms with E-state index in [0.717, 1.165) is 24.3 Å². The minimum Gasteiger partial charge on any atom is -0.454 e. The Kier molecular flexibility index (Phi) is 6.60. The molecule has 4 amide bonds. The maximum atomic E-state index is 15.1. The fourth-order valence-electron chi connectivity index (χ4n) is 4.42. The molecule has 2 fully saturated rings. The SMILES string of the molecule is NC(=O)C1(C(=O)Nc2ccc(F)cc2)CC1c1cc(F)c(Oc2ccnc(NC(=O)N3CC(O)C3)c2)cc1F. The van der Waals surface area contributed by atoms with E-state index in [9.17, 15) is 28.3 Å². The molecule has 0 radical (unpaired) electrons. The highest BCUT2D eigenvalue weighted by atomic mass is 19.1. The summed E-state index contributed by atoms with van der Waals surface area (Å²) in [6.45, 7) is 0.371. The van der Waals surface area contributed by atoms with Crippen LogP contribution in [0.25, 0.3) is 0 Å². The first kappa shape index (κ1) is 26.0. The number of halogens is 3. The Labute approximate surface area is 219 Å². The highest BCUT2D eigenvalue weighted by Crippen LogP contribution is 2.60. The zero-order chi connectivity index (χ0) is 27.9. The lowest BCUT2D eigenvalue weighted by molar-refractivity contribution is -0.132.